The first-order valence-corrected chi connectivity index (χ1v) is 11.2. The number of hydrogen-bond donors (Lipinski definition) is 1. The maximum atomic E-state index is 4.57. The van der Waals surface area contributed by atoms with Crippen LogP contribution >= 0.6 is 0 Å². The summed E-state index contributed by atoms with van der Waals surface area (Å²) in [5.74, 6) is 1.62. The van der Waals surface area contributed by atoms with Gasteiger partial charge in [0.1, 0.15) is 0 Å². The van der Waals surface area contributed by atoms with E-state index >= 15 is 0 Å². The van der Waals surface area contributed by atoms with Crippen molar-refractivity contribution in [2.24, 2.45) is 5.92 Å². The summed E-state index contributed by atoms with van der Waals surface area (Å²) in [5, 5.41) is 7.84. The van der Waals surface area contributed by atoms with E-state index in [2.05, 4.69) is 91.6 Å². The van der Waals surface area contributed by atoms with E-state index in [9.17, 15) is 0 Å². The molecule has 0 aliphatic heterocycles. The molecular formula is C27H34N2. The van der Waals surface area contributed by atoms with E-state index in [1.165, 1.54) is 54.5 Å². The zero-order valence-corrected chi connectivity index (χ0v) is 18.1. The van der Waals surface area contributed by atoms with Gasteiger partial charge in [-0.05, 0) is 73.0 Å². The van der Waals surface area contributed by atoms with Gasteiger partial charge >= 0.3 is 0 Å². The first-order valence-electron chi connectivity index (χ1n) is 11.2. The van der Waals surface area contributed by atoms with Crippen molar-refractivity contribution in [3.8, 4) is 11.3 Å². The maximum absolute atomic E-state index is 4.57. The SMILES string of the molecule is CC(C)(C)c1ccc(-c2cc(CCC3CCC(c4ccccc4)CC3)[nH]n2)cc1. The predicted octanol–water partition coefficient (Wildman–Crippen LogP) is 7.28. The lowest BCUT2D eigenvalue weighted by Crippen LogP contribution is -2.14. The molecule has 152 valence electrons. The third kappa shape index (κ3) is 4.98. The number of benzene rings is 2. The second-order valence-corrected chi connectivity index (χ2v) is 9.77. The average Bonchev–Trinajstić information content (AvgIpc) is 3.22. The summed E-state index contributed by atoms with van der Waals surface area (Å²) in [6, 6.07) is 22.2. The molecule has 1 heterocycles. The first kappa shape index (κ1) is 19.9. The highest BCUT2D eigenvalue weighted by Crippen LogP contribution is 2.37. The Morgan fingerprint density at radius 1 is 0.897 bits per heavy atom. The van der Waals surface area contributed by atoms with Gasteiger partial charge in [0.2, 0.25) is 0 Å². The van der Waals surface area contributed by atoms with Gasteiger partial charge in [-0.15, -0.1) is 0 Å². The molecule has 0 unspecified atom stereocenters. The molecule has 2 nitrogen and oxygen atoms in total. The summed E-state index contributed by atoms with van der Waals surface area (Å²) in [4.78, 5) is 0. The quantitative estimate of drug-likeness (QED) is 0.490. The number of aromatic amines is 1. The molecule has 3 aromatic rings. The van der Waals surface area contributed by atoms with Gasteiger partial charge in [0.15, 0.2) is 0 Å². The summed E-state index contributed by atoms with van der Waals surface area (Å²) in [6.45, 7) is 6.76. The summed E-state index contributed by atoms with van der Waals surface area (Å²) < 4.78 is 0. The van der Waals surface area contributed by atoms with Crippen LogP contribution in [0.5, 0.6) is 0 Å². The van der Waals surface area contributed by atoms with Gasteiger partial charge in [0.25, 0.3) is 0 Å². The molecule has 1 N–H and O–H groups in total. The smallest absolute Gasteiger partial charge is 0.0923 e. The molecule has 0 bridgehead atoms. The van der Waals surface area contributed by atoms with Gasteiger partial charge in [0.05, 0.1) is 5.69 Å². The highest BCUT2D eigenvalue weighted by molar-refractivity contribution is 5.60. The van der Waals surface area contributed by atoms with Gasteiger partial charge in [-0.3, -0.25) is 5.10 Å². The Hall–Kier alpha value is -2.35. The fourth-order valence-corrected chi connectivity index (χ4v) is 4.65. The normalized spacial score (nSPS) is 20.0. The van der Waals surface area contributed by atoms with E-state index in [0.29, 0.717) is 0 Å². The van der Waals surface area contributed by atoms with Gasteiger partial charge in [-0.1, -0.05) is 75.4 Å². The first-order chi connectivity index (χ1) is 14.0. The third-order valence-corrected chi connectivity index (χ3v) is 6.62. The van der Waals surface area contributed by atoms with Gasteiger partial charge in [0, 0.05) is 11.3 Å². The van der Waals surface area contributed by atoms with Crippen molar-refractivity contribution in [1.29, 1.82) is 0 Å². The molecule has 0 radical (unpaired) electrons. The molecule has 29 heavy (non-hydrogen) atoms. The molecule has 1 saturated carbocycles. The fraction of sp³-hybridized carbons (Fsp3) is 0.444. The lowest BCUT2D eigenvalue weighted by atomic mass is 9.77. The third-order valence-electron chi connectivity index (χ3n) is 6.62. The van der Waals surface area contributed by atoms with Gasteiger partial charge in [-0.25, -0.2) is 0 Å². The molecule has 0 saturated heterocycles. The second kappa shape index (κ2) is 8.57. The molecule has 4 rings (SSSR count). The number of aromatic nitrogens is 2. The van der Waals surface area contributed by atoms with Crippen LogP contribution in [-0.2, 0) is 11.8 Å². The minimum atomic E-state index is 0.189. The number of rotatable bonds is 5. The van der Waals surface area contributed by atoms with E-state index in [0.717, 1.165) is 24.0 Å². The maximum Gasteiger partial charge on any atom is 0.0923 e. The zero-order valence-electron chi connectivity index (χ0n) is 18.1. The van der Waals surface area contributed by atoms with Crippen LogP contribution in [0, 0.1) is 5.92 Å². The van der Waals surface area contributed by atoms with Crippen molar-refractivity contribution in [3.05, 3.63) is 77.5 Å². The molecule has 0 amide bonds. The van der Waals surface area contributed by atoms with Crippen LogP contribution in [0.25, 0.3) is 11.3 Å². The van der Waals surface area contributed by atoms with Crippen molar-refractivity contribution in [1.82, 2.24) is 10.2 Å². The van der Waals surface area contributed by atoms with Gasteiger partial charge < -0.3 is 0 Å². The minimum Gasteiger partial charge on any atom is -0.282 e. The largest absolute Gasteiger partial charge is 0.282 e. The molecule has 1 aliphatic carbocycles. The zero-order chi connectivity index (χ0) is 20.3. The number of nitrogens with zero attached hydrogens (tertiary/aromatic N) is 1. The molecule has 2 aromatic carbocycles. The average molecular weight is 387 g/mol. The molecule has 1 aliphatic rings. The Kier molecular flexibility index (Phi) is 5.89. The lowest BCUT2D eigenvalue weighted by molar-refractivity contribution is 0.310. The molecule has 0 spiro atoms. The van der Waals surface area contributed by atoms with Crippen LogP contribution in [0.4, 0.5) is 0 Å². The number of aryl methyl sites for hydroxylation is 1. The van der Waals surface area contributed by atoms with Crippen molar-refractivity contribution in [3.63, 3.8) is 0 Å². The summed E-state index contributed by atoms with van der Waals surface area (Å²) >= 11 is 0. The van der Waals surface area contributed by atoms with E-state index in [1.807, 2.05) is 0 Å². The van der Waals surface area contributed by atoms with Crippen LogP contribution in [0.3, 0.4) is 0 Å². The second-order valence-electron chi connectivity index (χ2n) is 9.77. The summed E-state index contributed by atoms with van der Waals surface area (Å²) in [7, 11) is 0. The Labute approximate surface area is 175 Å². The molecule has 0 atom stereocenters. The molecular weight excluding hydrogens is 352 g/mol. The van der Waals surface area contributed by atoms with E-state index in [1.54, 1.807) is 0 Å². The van der Waals surface area contributed by atoms with Crippen molar-refractivity contribution in [2.75, 3.05) is 0 Å². The number of hydrogen-bond acceptors (Lipinski definition) is 1. The Morgan fingerprint density at radius 3 is 2.24 bits per heavy atom. The number of nitrogens with one attached hydrogen (secondary N) is 1. The lowest BCUT2D eigenvalue weighted by Gasteiger charge is -2.28. The van der Waals surface area contributed by atoms with Crippen molar-refractivity contribution >= 4 is 0 Å². The topological polar surface area (TPSA) is 28.7 Å². The fourth-order valence-electron chi connectivity index (χ4n) is 4.65. The highest BCUT2D eigenvalue weighted by atomic mass is 15.1. The van der Waals surface area contributed by atoms with Crippen LogP contribution in [0.1, 0.15) is 75.6 Å². The molecule has 1 aromatic heterocycles. The summed E-state index contributed by atoms with van der Waals surface area (Å²) in [6.07, 6.45) is 7.76. The number of H-pyrrole nitrogens is 1. The Morgan fingerprint density at radius 2 is 1.59 bits per heavy atom. The van der Waals surface area contributed by atoms with E-state index < -0.39 is 0 Å². The Balaban J connectivity index is 1.29. The minimum absolute atomic E-state index is 0.189. The monoisotopic (exact) mass is 386 g/mol. The van der Waals surface area contributed by atoms with Crippen molar-refractivity contribution < 1.29 is 0 Å². The summed E-state index contributed by atoms with van der Waals surface area (Å²) in [5.41, 5.74) is 6.61. The van der Waals surface area contributed by atoms with Crippen molar-refractivity contribution in [2.45, 2.75) is 70.6 Å². The van der Waals surface area contributed by atoms with Crippen LogP contribution in [0.2, 0.25) is 0 Å². The van der Waals surface area contributed by atoms with Gasteiger partial charge in [-0.2, -0.15) is 5.10 Å². The van der Waals surface area contributed by atoms with Crippen LogP contribution in [0.15, 0.2) is 60.7 Å². The Bertz CT molecular complexity index is 892. The molecule has 2 heteroatoms. The molecule has 1 fully saturated rings. The standard InChI is InChI=1S/C27H34N2/c1-27(2,3)24-16-14-23(15-17-24)26-19-25(28-29-26)18-11-20-9-12-22(13-10-20)21-7-5-4-6-8-21/h4-8,14-17,19-20,22H,9-13,18H2,1-3H3,(H,28,29). The van der Waals surface area contributed by atoms with E-state index in [-0.39, 0.29) is 5.41 Å². The van der Waals surface area contributed by atoms with Crippen LogP contribution in [-0.4, -0.2) is 10.2 Å². The van der Waals surface area contributed by atoms with Crippen LogP contribution < -0.4 is 0 Å². The highest BCUT2D eigenvalue weighted by Gasteiger charge is 2.22. The van der Waals surface area contributed by atoms with E-state index in [4.69, 9.17) is 0 Å². The predicted molar refractivity (Wildman–Crippen MR) is 122 cm³/mol.